The van der Waals surface area contributed by atoms with Gasteiger partial charge in [0, 0.05) is 24.2 Å². The largest absolute Gasteiger partial charge is 0.347 e. The van der Waals surface area contributed by atoms with E-state index in [-0.39, 0.29) is 24.0 Å². The van der Waals surface area contributed by atoms with Crippen LogP contribution < -0.4 is 5.32 Å². The third kappa shape index (κ3) is 4.79. The summed E-state index contributed by atoms with van der Waals surface area (Å²) >= 11 is 0. The quantitative estimate of drug-likeness (QED) is 0.330. The first kappa shape index (κ1) is 21.9. The number of aromatic nitrogens is 2. The summed E-state index contributed by atoms with van der Waals surface area (Å²) in [5.41, 5.74) is 5.00. The second-order valence-electron chi connectivity index (χ2n) is 7.73. The lowest BCUT2D eigenvalue weighted by molar-refractivity contribution is -0.384. The number of amides is 1. The molecule has 0 aliphatic carbocycles. The lowest BCUT2D eigenvalue weighted by Gasteiger charge is -2.11. The molecule has 0 bridgehead atoms. The Morgan fingerprint density at radius 3 is 2.36 bits per heavy atom. The molecule has 166 valence electrons. The van der Waals surface area contributed by atoms with E-state index in [9.17, 15) is 19.3 Å². The molecule has 0 unspecified atom stereocenters. The van der Waals surface area contributed by atoms with Crippen molar-refractivity contribution in [1.82, 2.24) is 15.1 Å². The van der Waals surface area contributed by atoms with E-state index in [0.29, 0.717) is 17.0 Å². The van der Waals surface area contributed by atoms with Gasteiger partial charge in [-0.25, -0.2) is 9.07 Å². The molecule has 0 atom stereocenters. The summed E-state index contributed by atoms with van der Waals surface area (Å²) in [5, 5.41) is 18.5. The Balaban J connectivity index is 1.71. The van der Waals surface area contributed by atoms with Crippen LogP contribution >= 0.6 is 0 Å². The number of non-ortho nitro benzene ring substituents is 1. The molecule has 0 fully saturated rings. The zero-order valence-electron chi connectivity index (χ0n) is 18.1. The maximum atomic E-state index is 13.2. The average Bonchev–Trinajstić information content (AvgIpc) is 3.24. The highest BCUT2D eigenvalue weighted by atomic mass is 19.1. The molecule has 8 heteroatoms. The predicted molar refractivity (Wildman–Crippen MR) is 123 cm³/mol. The summed E-state index contributed by atoms with van der Waals surface area (Å²) in [4.78, 5) is 23.6. The molecule has 1 aromatic heterocycles. The summed E-state index contributed by atoms with van der Waals surface area (Å²) in [5.74, 6) is -0.689. The molecule has 33 heavy (non-hydrogen) atoms. The molecule has 0 aliphatic rings. The first-order valence-corrected chi connectivity index (χ1v) is 10.3. The standard InChI is InChI=1S/C25H21FN4O3/c1-16-3-12-23(17(2)13-16)29-24(25(31)27-15-18-4-8-20(26)9-5-18)14-22(28-29)19-6-10-21(11-7-19)30(32)33/h3-14H,15H2,1-2H3,(H,27,31). The van der Waals surface area contributed by atoms with Crippen LogP contribution in [0.15, 0.2) is 72.8 Å². The number of nitrogens with one attached hydrogen (secondary N) is 1. The normalized spacial score (nSPS) is 10.8. The molecule has 1 amide bonds. The second kappa shape index (κ2) is 9.04. The van der Waals surface area contributed by atoms with Crippen LogP contribution in [-0.2, 0) is 6.54 Å². The molecule has 4 rings (SSSR count). The Kier molecular flexibility index (Phi) is 5.99. The molecule has 0 saturated heterocycles. The van der Waals surface area contributed by atoms with Gasteiger partial charge in [-0.3, -0.25) is 14.9 Å². The number of nitrogens with zero attached hydrogens (tertiary/aromatic N) is 3. The molecule has 0 spiro atoms. The first-order valence-electron chi connectivity index (χ1n) is 10.3. The number of carbonyl (C=O) groups is 1. The van der Waals surface area contributed by atoms with Gasteiger partial charge in [0.05, 0.1) is 16.3 Å². The van der Waals surface area contributed by atoms with Crippen molar-refractivity contribution in [2.45, 2.75) is 20.4 Å². The minimum absolute atomic E-state index is 0.0233. The van der Waals surface area contributed by atoms with E-state index in [1.165, 1.54) is 24.3 Å². The van der Waals surface area contributed by atoms with E-state index in [1.54, 1.807) is 35.0 Å². The zero-order valence-corrected chi connectivity index (χ0v) is 18.1. The molecule has 0 aliphatic heterocycles. The van der Waals surface area contributed by atoms with Crippen LogP contribution in [0, 0.1) is 29.8 Å². The number of hydrogen-bond acceptors (Lipinski definition) is 4. The highest BCUT2D eigenvalue weighted by molar-refractivity contribution is 5.94. The first-order chi connectivity index (χ1) is 15.8. The summed E-state index contributed by atoms with van der Waals surface area (Å²) in [6.07, 6.45) is 0. The van der Waals surface area contributed by atoms with Gasteiger partial charge in [0.1, 0.15) is 11.5 Å². The van der Waals surface area contributed by atoms with Crippen LogP contribution in [0.25, 0.3) is 16.9 Å². The minimum Gasteiger partial charge on any atom is -0.347 e. The summed E-state index contributed by atoms with van der Waals surface area (Å²) in [7, 11) is 0. The number of nitro groups is 1. The molecule has 4 aromatic rings. The average molecular weight is 444 g/mol. The van der Waals surface area contributed by atoms with Gasteiger partial charge in [-0.15, -0.1) is 0 Å². The highest BCUT2D eigenvalue weighted by Gasteiger charge is 2.19. The Hall–Kier alpha value is -4.33. The van der Waals surface area contributed by atoms with Crippen molar-refractivity contribution in [1.29, 1.82) is 0 Å². The van der Waals surface area contributed by atoms with Gasteiger partial charge in [-0.05, 0) is 61.4 Å². The van der Waals surface area contributed by atoms with Gasteiger partial charge in [0.25, 0.3) is 11.6 Å². The monoisotopic (exact) mass is 444 g/mol. The lowest BCUT2D eigenvalue weighted by Crippen LogP contribution is -2.25. The Morgan fingerprint density at radius 2 is 1.73 bits per heavy atom. The number of benzene rings is 3. The summed E-state index contributed by atoms with van der Waals surface area (Å²) in [6.45, 7) is 4.15. The van der Waals surface area contributed by atoms with Crippen LogP contribution in [0.2, 0.25) is 0 Å². The van der Waals surface area contributed by atoms with Gasteiger partial charge in [0.15, 0.2) is 0 Å². The van der Waals surface area contributed by atoms with Crippen molar-refractivity contribution in [3.8, 4) is 16.9 Å². The Morgan fingerprint density at radius 1 is 1.03 bits per heavy atom. The van der Waals surface area contributed by atoms with Gasteiger partial charge in [-0.1, -0.05) is 29.8 Å². The molecular weight excluding hydrogens is 423 g/mol. The van der Waals surface area contributed by atoms with Crippen molar-refractivity contribution in [2.75, 3.05) is 0 Å². The number of aryl methyl sites for hydroxylation is 2. The SMILES string of the molecule is Cc1ccc(-n2nc(-c3ccc([N+](=O)[O-])cc3)cc2C(=O)NCc2ccc(F)cc2)c(C)c1. The lowest BCUT2D eigenvalue weighted by atomic mass is 10.1. The molecule has 7 nitrogen and oxygen atoms in total. The summed E-state index contributed by atoms with van der Waals surface area (Å²) in [6, 6.07) is 19.4. The molecule has 3 aromatic carbocycles. The van der Waals surface area contributed by atoms with Crippen molar-refractivity contribution in [3.05, 3.63) is 111 Å². The Labute approximate surface area is 189 Å². The van der Waals surface area contributed by atoms with E-state index in [0.717, 1.165) is 22.4 Å². The number of carbonyl (C=O) groups excluding carboxylic acids is 1. The fourth-order valence-corrected chi connectivity index (χ4v) is 3.54. The number of rotatable bonds is 6. The third-order valence-corrected chi connectivity index (χ3v) is 5.26. The van der Waals surface area contributed by atoms with E-state index in [4.69, 9.17) is 0 Å². The van der Waals surface area contributed by atoms with Crippen LogP contribution in [0.3, 0.4) is 0 Å². The van der Waals surface area contributed by atoms with Gasteiger partial charge >= 0.3 is 0 Å². The zero-order chi connectivity index (χ0) is 23.5. The molecular formula is C25H21FN4O3. The molecule has 1 N–H and O–H groups in total. The molecule has 0 radical (unpaired) electrons. The third-order valence-electron chi connectivity index (χ3n) is 5.26. The van der Waals surface area contributed by atoms with E-state index in [1.807, 2.05) is 32.0 Å². The van der Waals surface area contributed by atoms with Crippen LogP contribution in [0.1, 0.15) is 27.2 Å². The fourth-order valence-electron chi connectivity index (χ4n) is 3.54. The van der Waals surface area contributed by atoms with Crippen LogP contribution in [0.4, 0.5) is 10.1 Å². The van der Waals surface area contributed by atoms with Crippen LogP contribution in [0.5, 0.6) is 0 Å². The number of nitro benzene ring substituents is 1. The van der Waals surface area contributed by atoms with Crippen molar-refractivity contribution in [3.63, 3.8) is 0 Å². The second-order valence-corrected chi connectivity index (χ2v) is 7.73. The maximum Gasteiger partial charge on any atom is 0.270 e. The number of halogens is 1. The van der Waals surface area contributed by atoms with Gasteiger partial charge < -0.3 is 5.32 Å². The van der Waals surface area contributed by atoms with Gasteiger partial charge in [-0.2, -0.15) is 5.10 Å². The van der Waals surface area contributed by atoms with Crippen molar-refractivity contribution < 1.29 is 14.1 Å². The van der Waals surface area contributed by atoms with Gasteiger partial charge in [0.2, 0.25) is 0 Å². The highest BCUT2D eigenvalue weighted by Crippen LogP contribution is 2.25. The minimum atomic E-state index is -0.466. The van der Waals surface area contributed by atoms with E-state index in [2.05, 4.69) is 10.4 Å². The molecule has 0 saturated carbocycles. The fraction of sp³-hybridized carbons (Fsp3) is 0.120. The number of hydrogen-bond donors (Lipinski definition) is 1. The van der Waals surface area contributed by atoms with E-state index >= 15 is 0 Å². The smallest absolute Gasteiger partial charge is 0.270 e. The van der Waals surface area contributed by atoms with Crippen molar-refractivity contribution in [2.24, 2.45) is 0 Å². The summed E-state index contributed by atoms with van der Waals surface area (Å²) < 4.78 is 14.7. The van der Waals surface area contributed by atoms with Crippen LogP contribution in [-0.4, -0.2) is 20.6 Å². The van der Waals surface area contributed by atoms with Crippen molar-refractivity contribution >= 4 is 11.6 Å². The molecule has 1 heterocycles. The predicted octanol–water partition coefficient (Wildman–Crippen LogP) is 5.13. The maximum absolute atomic E-state index is 13.2. The van der Waals surface area contributed by atoms with E-state index < -0.39 is 4.92 Å². The topological polar surface area (TPSA) is 90.1 Å². The Bertz CT molecular complexity index is 1330.